The Balaban J connectivity index is 0.000000168. The van der Waals surface area contributed by atoms with E-state index in [2.05, 4.69) is 35.2 Å². The van der Waals surface area contributed by atoms with E-state index in [9.17, 15) is 28.6 Å². The zero-order valence-corrected chi connectivity index (χ0v) is 43.4. The lowest BCUT2D eigenvalue weighted by Gasteiger charge is -2.21. The average Bonchev–Trinajstić information content (AvgIpc) is 3.91. The van der Waals surface area contributed by atoms with Gasteiger partial charge in [-0.05, 0) is 137 Å². The van der Waals surface area contributed by atoms with Gasteiger partial charge in [-0.1, -0.05) is 35.3 Å². The second kappa shape index (κ2) is 22.0. The predicted octanol–water partition coefficient (Wildman–Crippen LogP) is 11.8. The normalized spacial score (nSPS) is 11.6. The van der Waals surface area contributed by atoms with Crippen LogP contribution in [0.3, 0.4) is 0 Å². The number of hydrogen-bond donors (Lipinski definition) is 7. The van der Waals surface area contributed by atoms with Gasteiger partial charge in [-0.25, -0.2) is 13.6 Å². The number of carbonyl (C=O) groups excluding carboxylic acids is 1. The number of carbonyl (C=O) groups is 2. The summed E-state index contributed by atoms with van der Waals surface area (Å²) in [5.41, 5.74) is 14.3. The minimum Gasteiger partial charge on any atom is -0.478 e. The van der Waals surface area contributed by atoms with Gasteiger partial charge in [-0.2, -0.15) is 0 Å². The van der Waals surface area contributed by atoms with Crippen LogP contribution in [0, 0.1) is 25.5 Å². The SMILES string of the molecule is Cc1cnc2c(C(C)(C)O)cc(Cc3cc(C(=O)NCc4cc5c(Cl)c[nH]c5cc4F)ccn3)cc2c1.Cc1cnc2c(C(C)(C)O)cc(Cc3cc(C(=O)O)ccn3)cc2c1.NCc1cc2c(Cl)c[nH]c2cc1F. The Morgan fingerprint density at radius 2 is 1.09 bits per heavy atom. The molecule has 13 nitrogen and oxygen atoms in total. The number of benzene rings is 4. The lowest BCUT2D eigenvalue weighted by molar-refractivity contribution is 0.0695. The van der Waals surface area contributed by atoms with E-state index in [4.69, 9.17) is 34.0 Å². The summed E-state index contributed by atoms with van der Waals surface area (Å²) >= 11 is 12.0. The highest BCUT2D eigenvalue weighted by Gasteiger charge is 2.23. The summed E-state index contributed by atoms with van der Waals surface area (Å²) in [4.78, 5) is 47.5. The van der Waals surface area contributed by atoms with Gasteiger partial charge < -0.3 is 36.3 Å². The Hall–Kier alpha value is -7.66. The number of nitrogens with one attached hydrogen (secondary N) is 3. The third-order valence-corrected chi connectivity index (χ3v) is 13.1. The van der Waals surface area contributed by atoms with E-state index in [0.29, 0.717) is 67.4 Å². The van der Waals surface area contributed by atoms with Crippen molar-refractivity contribution in [3.63, 3.8) is 0 Å². The number of rotatable bonds is 11. The molecule has 4 aromatic carbocycles. The molecule has 6 heterocycles. The number of carboxylic acids is 1. The van der Waals surface area contributed by atoms with Crippen molar-refractivity contribution < 1.29 is 33.7 Å². The van der Waals surface area contributed by atoms with Gasteiger partial charge in [-0.15, -0.1) is 0 Å². The molecule has 0 atom stereocenters. The topological polar surface area (TPSA) is 216 Å². The summed E-state index contributed by atoms with van der Waals surface area (Å²) in [6.45, 7) is 11.1. The number of nitrogens with zero attached hydrogens (tertiary/aromatic N) is 4. The van der Waals surface area contributed by atoms with Crippen molar-refractivity contribution in [2.45, 2.75) is 78.7 Å². The largest absolute Gasteiger partial charge is 0.478 e. The maximum atomic E-state index is 14.5. The summed E-state index contributed by atoms with van der Waals surface area (Å²) in [6, 6.07) is 24.4. The molecule has 0 radical (unpaired) electrons. The first-order valence-corrected chi connectivity index (χ1v) is 24.6. The molecule has 0 fully saturated rings. The third-order valence-electron chi connectivity index (χ3n) is 12.4. The molecule has 75 heavy (non-hydrogen) atoms. The molecule has 0 aliphatic heterocycles. The maximum absolute atomic E-state index is 14.5. The molecule has 17 heteroatoms. The number of nitrogens with two attached hydrogens (primary N) is 1. The molecule has 0 bridgehead atoms. The molecule has 384 valence electrons. The van der Waals surface area contributed by atoms with E-state index in [1.807, 2.05) is 50.2 Å². The van der Waals surface area contributed by atoms with Crippen molar-refractivity contribution >= 4 is 78.7 Å². The Labute approximate surface area is 440 Å². The van der Waals surface area contributed by atoms with Gasteiger partial charge in [0.05, 0.1) is 37.8 Å². The Kier molecular flexibility index (Phi) is 15.8. The summed E-state index contributed by atoms with van der Waals surface area (Å²) in [5.74, 6) is -2.03. The smallest absolute Gasteiger partial charge is 0.335 e. The molecule has 0 saturated carbocycles. The fraction of sp³-hybridized carbons (Fsp3) is 0.207. The molecule has 0 unspecified atom stereocenters. The number of aromatic nitrogens is 6. The van der Waals surface area contributed by atoms with Gasteiger partial charge in [0.25, 0.3) is 5.91 Å². The second-order valence-corrected chi connectivity index (χ2v) is 20.3. The summed E-state index contributed by atoms with van der Waals surface area (Å²) in [6.07, 6.45) is 10.8. The minimum absolute atomic E-state index is 0.0196. The van der Waals surface area contributed by atoms with Crippen LogP contribution in [-0.2, 0) is 37.1 Å². The maximum Gasteiger partial charge on any atom is 0.335 e. The van der Waals surface area contributed by atoms with E-state index in [1.165, 1.54) is 24.4 Å². The Morgan fingerprint density at radius 1 is 0.640 bits per heavy atom. The molecule has 0 aliphatic carbocycles. The van der Waals surface area contributed by atoms with E-state index < -0.39 is 23.0 Å². The number of H-pyrrole nitrogens is 2. The number of aliphatic hydroxyl groups is 2. The van der Waals surface area contributed by atoms with Crippen molar-refractivity contribution in [3.8, 4) is 0 Å². The monoisotopic (exact) mass is 1050 g/mol. The average molecular weight is 1050 g/mol. The number of aryl methyl sites for hydroxylation is 2. The Bertz CT molecular complexity index is 3790. The molecule has 0 spiro atoms. The van der Waals surface area contributed by atoms with Gasteiger partial charge >= 0.3 is 5.97 Å². The van der Waals surface area contributed by atoms with Gasteiger partial charge in [0.15, 0.2) is 0 Å². The lowest BCUT2D eigenvalue weighted by Crippen LogP contribution is -2.23. The van der Waals surface area contributed by atoms with Gasteiger partial charge in [0.2, 0.25) is 0 Å². The number of amides is 1. The first-order valence-electron chi connectivity index (χ1n) is 23.8. The number of aromatic carboxylic acids is 1. The van der Waals surface area contributed by atoms with Crippen molar-refractivity contribution in [2.75, 3.05) is 0 Å². The van der Waals surface area contributed by atoms with Crippen LogP contribution < -0.4 is 11.1 Å². The predicted molar refractivity (Wildman–Crippen MR) is 290 cm³/mol. The van der Waals surface area contributed by atoms with Crippen molar-refractivity contribution in [3.05, 3.63) is 211 Å². The van der Waals surface area contributed by atoms with Crippen LogP contribution in [-0.4, -0.2) is 57.1 Å². The first kappa shape index (κ1) is 53.6. The molecule has 8 N–H and O–H groups in total. The number of hydrogen-bond acceptors (Lipinski definition) is 9. The van der Waals surface area contributed by atoms with E-state index in [-0.39, 0.29) is 30.4 Å². The Morgan fingerprint density at radius 3 is 1.56 bits per heavy atom. The standard InChI is InChI=1S/C29H26ClFN4O2.C20H20N2O3.C9H8ClFN2/c1-16-6-19-7-17(9-23(29(2,3)37)27(19)34-13-16)8-21-10-18(4-5-32-21)28(36)35-14-20-11-22-24(30)15-33-26(22)12-25(20)31;1-12-6-15-7-13(8-16-10-14(19(23)24)4-5-21-16)9-17(20(2,3)25)18(15)22-11-12;10-7-4-13-9-2-8(11)5(3-12)1-6(7)9/h4-7,9-13,15,33,37H,8,14H2,1-3H3,(H,35,36);4-7,9-11,25H,8H2,1-3H3,(H,23,24);1-2,4,13H,3,12H2. The van der Waals surface area contributed by atoms with Gasteiger partial charge in [0.1, 0.15) is 11.6 Å². The molecule has 10 aromatic rings. The fourth-order valence-electron chi connectivity index (χ4n) is 8.70. The van der Waals surface area contributed by atoms with Crippen molar-refractivity contribution in [1.29, 1.82) is 0 Å². The number of fused-ring (bicyclic) bond motifs is 4. The van der Waals surface area contributed by atoms with E-state index >= 15 is 0 Å². The van der Waals surface area contributed by atoms with Crippen LogP contribution in [0.1, 0.15) is 104 Å². The molecule has 10 rings (SSSR count). The molecule has 0 saturated heterocycles. The number of carboxylic acid groups (broad SMARTS) is 1. The van der Waals surface area contributed by atoms with Gasteiger partial charge in [0, 0.05) is 135 Å². The van der Waals surface area contributed by atoms with Crippen LogP contribution in [0.25, 0.3) is 43.6 Å². The molecular formula is C58H54Cl2F2N8O5. The van der Waals surface area contributed by atoms with E-state index in [0.717, 1.165) is 60.6 Å². The minimum atomic E-state index is -1.07. The number of pyridine rings is 4. The molecule has 6 aromatic heterocycles. The summed E-state index contributed by atoms with van der Waals surface area (Å²) in [5, 5.41) is 37.7. The second-order valence-electron chi connectivity index (χ2n) is 19.4. The van der Waals surface area contributed by atoms with Gasteiger partial charge in [-0.3, -0.25) is 24.7 Å². The van der Waals surface area contributed by atoms with Crippen LogP contribution >= 0.6 is 23.2 Å². The van der Waals surface area contributed by atoms with Crippen LogP contribution in [0.15, 0.2) is 122 Å². The van der Waals surface area contributed by atoms with Crippen molar-refractivity contribution in [2.24, 2.45) is 5.73 Å². The number of aromatic amines is 2. The highest BCUT2D eigenvalue weighted by atomic mass is 35.5. The zero-order chi connectivity index (χ0) is 53.9. The highest BCUT2D eigenvalue weighted by molar-refractivity contribution is 6.36. The van der Waals surface area contributed by atoms with Crippen LogP contribution in [0.2, 0.25) is 10.0 Å². The van der Waals surface area contributed by atoms with Crippen LogP contribution in [0.4, 0.5) is 8.78 Å². The van der Waals surface area contributed by atoms with Crippen LogP contribution in [0.5, 0.6) is 0 Å². The summed E-state index contributed by atoms with van der Waals surface area (Å²) < 4.78 is 27.7. The first-order chi connectivity index (χ1) is 35.5. The van der Waals surface area contributed by atoms with Crippen molar-refractivity contribution in [1.82, 2.24) is 35.2 Å². The number of halogens is 4. The lowest BCUT2D eigenvalue weighted by atomic mass is 9.91. The van der Waals surface area contributed by atoms with E-state index in [1.54, 1.807) is 89.0 Å². The molecular weight excluding hydrogens is 998 g/mol. The molecule has 1 amide bonds. The summed E-state index contributed by atoms with van der Waals surface area (Å²) in [7, 11) is 0. The third kappa shape index (κ3) is 12.7. The quantitative estimate of drug-likeness (QED) is 0.0650. The highest BCUT2D eigenvalue weighted by Crippen LogP contribution is 2.32. The fourth-order valence-corrected chi connectivity index (χ4v) is 9.12. The zero-order valence-electron chi connectivity index (χ0n) is 41.9. The molecule has 0 aliphatic rings.